The second-order valence-electron chi connectivity index (χ2n) is 6.52. The van der Waals surface area contributed by atoms with Crippen molar-refractivity contribution in [1.29, 1.82) is 0 Å². The molecule has 0 aliphatic rings. The average molecular weight is 384 g/mol. The summed E-state index contributed by atoms with van der Waals surface area (Å²) in [5, 5.41) is 16.4. The van der Waals surface area contributed by atoms with Gasteiger partial charge < -0.3 is 15.4 Å². The third-order valence-electron chi connectivity index (χ3n) is 4.51. The molecule has 1 aromatic heterocycles. The number of rotatable bonds is 6. The van der Waals surface area contributed by atoms with Crippen molar-refractivity contribution in [3.05, 3.63) is 90.1 Å². The van der Waals surface area contributed by atoms with Crippen LogP contribution in [0.2, 0.25) is 0 Å². The van der Waals surface area contributed by atoms with Crippen molar-refractivity contribution in [2.45, 2.75) is 6.54 Å². The second-order valence-corrected chi connectivity index (χ2v) is 6.52. The molecule has 0 saturated carbocycles. The number of ether oxygens (including phenoxy) is 1. The molecule has 2 N–H and O–H groups in total. The van der Waals surface area contributed by atoms with Crippen molar-refractivity contribution in [2.24, 2.45) is 0 Å². The second kappa shape index (κ2) is 8.39. The van der Waals surface area contributed by atoms with Crippen LogP contribution in [0.5, 0.6) is 5.75 Å². The monoisotopic (exact) mass is 384 g/mol. The van der Waals surface area contributed by atoms with Crippen LogP contribution < -0.4 is 15.4 Å². The summed E-state index contributed by atoms with van der Waals surface area (Å²) < 4.78 is 5.26. The van der Waals surface area contributed by atoms with Gasteiger partial charge in [-0.2, -0.15) is 0 Å². The highest BCUT2D eigenvalue weighted by Gasteiger charge is 2.08. The van der Waals surface area contributed by atoms with Gasteiger partial charge in [0.1, 0.15) is 11.6 Å². The van der Waals surface area contributed by atoms with Gasteiger partial charge in [-0.3, -0.25) is 4.79 Å². The van der Waals surface area contributed by atoms with E-state index in [1.54, 1.807) is 19.2 Å². The zero-order valence-electron chi connectivity index (χ0n) is 15.9. The molecule has 0 saturated heterocycles. The Kier molecular flexibility index (Phi) is 5.33. The summed E-state index contributed by atoms with van der Waals surface area (Å²) in [7, 11) is 1.66. The van der Waals surface area contributed by atoms with Gasteiger partial charge in [-0.1, -0.05) is 36.4 Å². The fraction of sp³-hybridized carbons (Fsp3) is 0.0870. The number of benzene rings is 3. The van der Waals surface area contributed by atoms with Crippen molar-refractivity contribution >= 4 is 28.2 Å². The minimum absolute atomic E-state index is 0.263. The minimum atomic E-state index is -0.291. The van der Waals surface area contributed by atoms with E-state index in [1.807, 2.05) is 48.5 Å². The minimum Gasteiger partial charge on any atom is -0.497 e. The van der Waals surface area contributed by atoms with E-state index in [2.05, 4.69) is 39.0 Å². The van der Waals surface area contributed by atoms with Gasteiger partial charge in [-0.25, -0.2) is 0 Å². The number of hydrogen-bond donors (Lipinski definition) is 2. The van der Waals surface area contributed by atoms with E-state index in [9.17, 15) is 4.79 Å². The van der Waals surface area contributed by atoms with Crippen LogP contribution in [0, 0.1) is 0 Å². The van der Waals surface area contributed by atoms with E-state index in [-0.39, 0.29) is 11.6 Å². The molecule has 1 amide bonds. The normalized spacial score (nSPS) is 10.5. The molecule has 4 aromatic rings. The molecule has 29 heavy (non-hydrogen) atoms. The van der Waals surface area contributed by atoms with Crippen LogP contribution >= 0.6 is 0 Å². The van der Waals surface area contributed by atoms with Gasteiger partial charge in [0.2, 0.25) is 0 Å². The van der Waals surface area contributed by atoms with E-state index in [0.29, 0.717) is 12.4 Å². The highest BCUT2D eigenvalue weighted by molar-refractivity contribution is 6.02. The van der Waals surface area contributed by atoms with Gasteiger partial charge in [0.05, 0.1) is 7.11 Å². The third kappa shape index (κ3) is 4.50. The van der Waals surface area contributed by atoms with Gasteiger partial charge in [0.25, 0.3) is 5.91 Å². The first-order valence-corrected chi connectivity index (χ1v) is 9.22. The van der Waals surface area contributed by atoms with Crippen molar-refractivity contribution in [3.8, 4) is 5.75 Å². The Morgan fingerprint density at radius 1 is 0.897 bits per heavy atom. The molecule has 3 aromatic carbocycles. The lowest BCUT2D eigenvalue weighted by Crippen LogP contribution is -2.14. The molecule has 0 unspecified atom stereocenters. The molecule has 0 aliphatic heterocycles. The number of para-hydroxylation sites is 1. The molecule has 0 bridgehead atoms. The van der Waals surface area contributed by atoms with E-state index in [4.69, 9.17) is 4.74 Å². The Morgan fingerprint density at radius 2 is 1.69 bits per heavy atom. The molecular formula is C23H20N4O2. The number of fused-ring (bicyclic) bond motifs is 1. The summed E-state index contributed by atoms with van der Waals surface area (Å²) in [6.45, 7) is 0.603. The summed E-state index contributed by atoms with van der Waals surface area (Å²) in [6.07, 6.45) is 0. The Bertz CT molecular complexity index is 1130. The van der Waals surface area contributed by atoms with Gasteiger partial charge in [0.15, 0.2) is 5.69 Å². The predicted octanol–water partition coefficient (Wildman–Crippen LogP) is 4.50. The van der Waals surface area contributed by atoms with Crippen molar-refractivity contribution < 1.29 is 9.53 Å². The Morgan fingerprint density at radius 3 is 2.45 bits per heavy atom. The average Bonchev–Trinajstić information content (AvgIpc) is 2.78. The number of hydrogen-bond acceptors (Lipinski definition) is 5. The summed E-state index contributed by atoms with van der Waals surface area (Å²) in [5.74, 6) is 1.16. The van der Waals surface area contributed by atoms with Crippen LogP contribution in [-0.2, 0) is 6.54 Å². The third-order valence-corrected chi connectivity index (χ3v) is 4.51. The number of carbonyl (C=O) groups excluding carboxylic acids is 1. The Hall–Kier alpha value is -3.93. The fourth-order valence-electron chi connectivity index (χ4n) is 2.97. The van der Waals surface area contributed by atoms with Gasteiger partial charge in [0, 0.05) is 12.2 Å². The molecule has 0 fully saturated rings. The van der Waals surface area contributed by atoms with E-state index in [1.165, 1.54) is 0 Å². The quantitative estimate of drug-likeness (QED) is 0.512. The maximum atomic E-state index is 12.2. The number of anilines is 2. The largest absolute Gasteiger partial charge is 0.497 e. The lowest BCUT2D eigenvalue weighted by atomic mass is 10.1. The van der Waals surface area contributed by atoms with Crippen molar-refractivity contribution in [1.82, 2.24) is 10.2 Å². The molecule has 144 valence electrons. The summed E-state index contributed by atoms with van der Waals surface area (Å²) in [4.78, 5) is 12.2. The van der Waals surface area contributed by atoms with Crippen LogP contribution in [0.25, 0.3) is 10.8 Å². The highest BCUT2D eigenvalue weighted by atomic mass is 16.5. The van der Waals surface area contributed by atoms with Crippen LogP contribution in [0.1, 0.15) is 16.1 Å². The first kappa shape index (κ1) is 18.4. The molecule has 4 rings (SSSR count). The number of methoxy groups -OCH3 is 1. The van der Waals surface area contributed by atoms with Crippen LogP contribution in [0.15, 0.2) is 78.9 Å². The fourth-order valence-corrected chi connectivity index (χ4v) is 2.97. The Labute approximate surface area is 168 Å². The van der Waals surface area contributed by atoms with Gasteiger partial charge in [-0.15, -0.1) is 10.2 Å². The molecule has 6 heteroatoms. The zero-order valence-corrected chi connectivity index (χ0v) is 15.9. The van der Waals surface area contributed by atoms with E-state index in [0.717, 1.165) is 27.8 Å². The SMILES string of the molecule is COc1ccc2cc(CNc3ccc(C(=O)Nc4ccccc4)nn3)ccc2c1. The van der Waals surface area contributed by atoms with Gasteiger partial charge in [-0.05, 0) is 58.8 Å². The number of carbonyl (C=O) groups is 1. The zero-order chi connectivity index (χ0) is 20.1. The number of nitrogens with zero attached hydrogens (tertiary/aromatic N) is 2. The topological polar surface area (TPSA) is 76.1 Å². The van der Waals surface area contributed by atoms with E-state index >= 15 is 0 Å². The van der Waals surface area contributed by atoms with Crippen molar-refractivity contribution in [2.75, 3.05) is 17.7 Å². The first-order chi connectivity index (χ1) is 14.2. The van der Waals surface area contributed by atoms with Crippen molar-refractivity contribution in [3.63, 3.8) is 0 Å². The molecule has 6 nitrogen and oxygen atoms in total. The lowest BCUT2D eigenvalue weighted by Gasteiger charge is -2.08. The number of nitrogens with one attached hydrogen (secondary N) is 2. The molecule has 0 aliphatic carbocycles. The van der Waals surface area contributed by atoms with Crippen LogP contribution in [0.3, 0.4) is 0 Å². The van der Waals surface area contributed by atoms with Crippen LogP contribution in [-0.4, -0.2) is 23.2 Å². The molecule has 0 spiro atoms. The molecule has 0 radical (unpaired) electrons. The number of amides is 1. The Balaban J connectivity index is 1.38. The summed E-state index contributed by atoms with van der Waals surface area (Å²) >= 11 is 0. The van der Waals surface area contributed by atoms with Crippen LogP contribution in [0.4, 0.5) is 11.5 Å². The first-order valence-electron chi connectivity index (χ1n) is 9.22. The standard InChI is InChI=1S/C23H20N4O2/c1-29-20-10-9-17-13-16(7-8-18(17)14-20)15-24-22-12-11-21(26-27-22)23(28)25-19-5-3-2-4-6-19/h2-14H,15H2,1H3,(H,24,27)(H,25,28). The highest BCUT2D eigenvalue weighted by Crippen LogP contribution is 2.22. The maximum absolute atomic E-state index is 12.2. The van der Waals surface area contributed by atoms with E-state index < -0.39 is 0 Å². The molecular weight excluding hydrogens is 364 g/mol. The molecule has 1 heterocycles. The maximum Gasteiger partial charge on any atom is 0.276 e. The predicted molar refractivity (Wildman–Crippen MR) is 114 cm³/mol. The number of aromatic nitrogens is 2. The smallest absolute Gasteiger partial charge is 0.276 e. The lowest BCUT2D eigenvalue weighted by molar-refractivity contribution is 0.102. The molecule has 0 atom stereocenters. The van der Waals surface area contributed by atoms with Gasteiger partial charge >= 0.3 is 0 Å². The summed E-state index contributed by atoms with van der Waals surface area (Å²) in [5.41, 5.74) is 2.10. The summed E-state index contributed by atoms with van der Waals surface area (Å²) in [6, 6.07) is 24.9.